The summed E-state index contributed by atoms with van der Waals surface area (Å²) in [5.41, 5.74) is -3.16. The van der Waals surface area contributed by atoms with Crippen molar-refractivity contribution in [3.05, 3.63) is 63.4 Å². The number of H-pyrrole nitrogens is 1. The molecule has 2 heterocycles. The number of ether oxygens (including phenoxy) is 3. The van der Waals surface area contributed by atoms with Crippen LogP contribution < -0.4 is 20.9 Å². The first kappa shape index (κ1) is 33.7. The lowest BCUT2D eigenvalue weighted by molar-refractivity contribution is -0.156. The van der Waals surface area contributed by atoms with E-state index in [1.807, 2.05) is 6.92 Å². The standard InChI is InChI=1S/C28H37N4O10P/c1-6-7-13-23(34)41-24-21(40-26(28(24,5)17-29)32-15-14-22(33)30-27(32)36)16-38-43(37,42-20-11-9-8-10-12-20)31-19(4)25(35)39-18(2)3/h8-12,14-15,18-19,21,24,26H,6-7,13,16H2,1-5H3,(H,31,37)(H,30,33,36)/t19-,21+,24+,26+,28+,43?/m0/s1. The van der Waals surface area contributed by atoms with E-state index in [1.165, 1.54) is 26.0 Å². The molecule has 2 N–H and O–H groups in total. The molecule has 0 aliphatic carbocycles. The van der Waals surface area contributed by atoms with Crippen LogP contribution in [0.5, 0.6) is 5.75 Å². The Kier molecular flexibility index (Phi) is 11.5. The van der Waals surface area contributed by atoms with Gasteiger partial charge in [0.2, 0.25) is 0 Å². The van der Waals surface area contributed by atoms with Crippen LogP contribution in [0.3, 0.4) is 0 Å². The molecule has 0 spiro atoms. The van der Waals surface area contributed by atoms with E-state index < -0.39 is 73.5 Å². The molecule has 6 atom stereocenters. The predicted molar refractivity (Wildman–Crippen MR) is 153 cm³/mol. The van der Waals surface area contributed by atoms with Crippen LogP contribution in [0.25, 0.3) is 0 Å². The van der Waals surface area contributed by atoms with Gasteiger partial charge in [0.05, 0.1) is 18.8 Å². The van der Waals surface area contributed by atoms with Crippen molar-refractivity contribution >= 4 is 19.7 Å². The molecule has 14 nitrogen and oxygen atoms in total. The van der Waals surface area contributed by atoms with E-state index in [4.69, 9.17) is 23.3 Å². The molecule has 0 bridgehead atoms. The first-order valence-corrected chi connectivity index (χ1v) is 15.4. The summed E-state index contributed by atoms with van der Waals surface area (Å²) in [6, 6.07) is 10.1. The number of aromatic nitrogens is 2. The average Bonchev–Trinajstić information content (AvgIpc) is 3.22. The maximum atomic E-state index is 14.0. The summed E-state index contributed by atoms with van der Waals surface area (Å²) >= 11 is 0. The molecule has 0 saturated carbocycles. The molecule has 3 rings (SSSR count). The lowest BCUT2D eigenvalue weighted by Crippen LogP contribution is -2.43. The Morgan fingerprint density at radius 2 is 1.91 bits per heavy atom. The normalized spacial score (nSPS) is 23.6. The predicted octanol–water partition coefficient (Wildman–Crippen LogP) is 3.20. The van der Waals surface area contributed by atoms with Crippen LogP contribution in [0.15, 0.2) is 52.2 Å². The van der Waals surface area contributed by atoms with Gasteiger partial charge in [-0.2, -0.15) is 10.3 Å². The molecule has 1 fully saturated rings. The zero-order chi connectivity index (χ0) is 31.8. The van der Waals surface area contributed by atoms with Crippen LogP contribution in [0.4, 0.5) is 0 Å². The number of nitrogens with one attached hydrogen (secondary N) is 2. The molecule has 2 aromatic rings. The second kappa shape index (κ2) is 14.6. The summed E-state index contributed by atoms with van der Waals surface area (Å²) in [6.45, 7) is 7.53. The van der Waals surface area contributed by atoms with E-state index >= 15 is 0 Å². The largest absolute Gasteiger partial charge is 0.462 e. The Morgan fingerprint density at radius 1 is 1.21 bits per heavy atom. The highest BCUT2D eigenvalue weighted by Gasteiger charge is 2.58. The lowest BCUT2D eigenvalue weighted by Gasteiger charge is -2.29. The maximum Gasteiger partial charge on any atom is 0.459 e. The van der Waals surface area contributed by atoms with Crippen molar-refractivity contribution in [3.8, 4) is 11.8 Å². The van der Waals surface area contributed by atoms with Gasteiger partial charge in [-0.25, -0.2) is 9.36 Å². The summed E-state index contributed by atoms with van der Waals surface area (Å²) in [4.78, 5) is 51.6. The highest BCUT2D eigenvalue weighted by molar-refractivity contribution is 7.52. The molecule has 1 aromatic heterocycles. The Hall–Kier alpha value is -3.76. The van der Waals surface area contributed by atoms with Crippen molar-refractivity contribution in [1.82, 2.24) is 14.6 Å². The van der Waals surface area contributed by atoms with Gasteiger partial charge in [0, 0.05) is 18.7 Å². The third-order valence-corrected chi connectivity index (χ3v) is 8.16. The third-order valence-electron chi connectivity index (χ3n) is 6.52. The highest BCUT2D eigenvalue weighted by Crippen LogP contribution is 2.49. The topological polar surface area (TPSA) is 188 Å². The van der Waals surface area contributed by atoms with E-state index in [-0.39, 0.29) is 12.2 Å². The Morgan fingerprint density at radius 3 is 2.51 bits per heavy atom. The van der Waals surface area contributed by atoms with Crippen LogP contribution in [0.2, 0.25) is 0 Å². The molecule has 1 aromatic carbocycles. The summed E-state index contributed by atoms with van der Waals surface area (Å²) in [5.74, 6) is -1.15. The van der Waals surface area contributed by atoms with Crippen molar-refractivity contribution in [2.75, 3.05) is 6.61 Å². The van der Waals surface area contributed by atoms with E-state index in [0.717, 1.165) is 23.3 Å². The van der Waals surface area contributed by atoms with Gasteiger partial charge in [-0.15, -0.1) is 0 Å². The van der Waals surface area contributed by atoms with Crippen LogP contribution in [0, 0.1) is 16.7 Å². The number of carbonyl (C=O) groups is 2. The number of esters is 2. The third kappa shape index (κ3) is 8.64. The minimum Gasteiger partial charge on any atom is -0.462 e. The van der Waals surface area contributed by atoms with Gasteiger partial charge >= 0.3 is 25.4 Å². The molecule has 1 saturated heterocycles. The zero-order valence-electron chi connectivity index (χ0n) is 24.7. The van der Waals surface area contributed by atoms with Crippen molar-refractivity contribution in [3.63, 3.8) is 0 Å². The molecule has 234 valence electrons. The smallest absolute Gasteiger partial charge is 0.459 e. The summed E-state index contributed by atoms with van der Waals surface area (Å²) in [5, 5.41) is 12.8. The molecule has 15 heteroatoms. The summed E-state index contributed by atoms with van der Waals surface area (Å²) < 4.78 is 43.4. The second-order valence-corrected chi connectivity index (χ2v) is 12.2. The van der Waals surface area contributed by atoms with Crippen LogP contribution in [0.1, 0.15) is 60.1 Å². The molecule has 0 radical (unpaired) electrons. The number of benzene rings is 1. The second-order valence-electron chi connectivity index (χ2n) is 10.5. The average molecular weight is 621 g/mol. The Balaban J connectivity index is 1.95. The van der Waals surface area contributed by atoms with Crippen LogP contribution >= 0.6 is 7.75 Å². The zero-order valence-corrected chi connectivity index (χ0v) is 25.6. The molecular formula is C28H37N4O10P. The summed E-state index contributed by atoms with van der Waals surface area (Å²) in [6.07, 6.45) is -1.80. The molecule has 0 amide bonds. The molecule has 1 aliphatic rings. The van der Waals surface area contributed by atoms with Gasteiger partial charge in [0.1, 0.15) is 23.3 Å². The first-order chi connectivity index (χ1) is 20.3. The van der Waals surface area contributed by atoms with E-state index in [1.54, 1.807) is 32.0 Å². The van der Waals surface area contributed by atoms with Gasteiger partial charge in [-0.05, 0) is 46.2 Å². The lowest BCUT2D eigenvalue weighted by atomic mass is 9.83. The van der Waals surface area contributed by atoms with Crippen molar-refractivity contribution in [2.24, 2.45) is 5.41 Å². The fourth-order valence-electron chi connectivity index (χ4n) is 4.34. The van der Waals surface area contributed by atoms with E-state index in [2.05, 4.69) is 16.1 Å². The first-order valence-electron chi connectivity index (χ1n) is 13.9. The number of hydrogen-bond acceptors (Lipinski definition) is 11. The quantitative estimate of drug-likeness (QED) is 0.232. The number of hydrogen-bond donors (Lipinski definition) is 2. The number of carbonyl (C=O) groups excluding carboxylic acids is 2. The van der Waals surface area contributed by atoms with Crippen LogP contribution in [-0.2, 0) is 32.9 Å². The van der Waals surface area contributed by atoms with E-state index in [9.17, 15) is 29.0 Å². The van der Waals surface area contributed by atoms with Gasteiger partial charge in [0.25, 0.3) is 5.56 Å². The van der Waals surface area contributed by atoms with Gasteiger partial charge in [0.15, 0.2) is 12.3 Å². The van der Waals surface area contributed by atoms with E-state index in [0.29, 0.717) is 6.42 Å². The highest BCUT2D eigenvalue weighted by atomic mass is 31.2. The fourth-order valence-corrected chi connectivity index (χ4v) is 5.84. The SMILES string of the molecule is CCCCC(=O)O[C@@H]1[C@@H](COP(=O)(N[C@@H](C)C(=O)OC(C)C)Oc2ccccc2)O[C@@H](n2ccc(=O)[nH]c2=O)[C@]1(C)C#N. The number of para-hydroxylation sites is 1. The Labute approximate surface area is 248 Å². The number of unbranched alkanes of at least 4 members (excludes halogenated alkanes) is 1. The number of rotatable bonds is 14. The van der Waals surface area contributed by atoms with Crippen molar-refractivity contribution in [2.45, 2.75) is 84.5 Å². The molecule has 43 heavy (non-hydrogen) atoms. The van der Waals surface area contributed by atoms with Gasteiger partial charge < -0.3 is 18.7 Å². The maximum absolute atomic E-state index is 14.0. The van der Waals surface area contributed by atoms with Crippen molar-refractivity contribution < 1.29 is 37.4 Å². The number of aromatic amines is 1. The van der Waals surface area contributed by atoms with Gasteiger partial charge in [-0.3, -0.25) is 28.5 Å². The number of nitriles is 1. The Bertz CT molecular complexity index is 1470. The summed E-state index contributed by atoms with van der Waals surface area (Å²) in [7, 11) is -4.35. The minimum absolute atomic E-state index is 0.0675. The number of nitrogens with zero attached hydrogens (tertiary/aromatic N) is 2. The van der Waals surface area contributed by atoms with Crippen LogP contribution in [-0.4, -0.2) is 52.5 Å². The monoisotopic (exact) mass is 620 g/mol. The molecular weight excluding hydrogens is 583 g/mol. The molecule has 1 aliphatic heterocycles. The molecule has 1 unspecified atom stereocenters. The van der Waals surface area contributed by atoms with Crippen molar-refractivity contribution in [1.29, 1.82) is 5.26 Å². The minimum atomic E-state index is -4.35. The van der Waals surface area contributed by atoms with Gasteiger partial charge in [-0.1, -0.05) is 31.5 Å². The fraction of sp³-hybridized carbons (Fsp3) is 0.536.